The lowest BCUT2D eigenvalue weighted by molar-refractivity contribution is -0.0505. The van der Waals surface area contributed by atoms with Gasteiger partial charge in [-0.25, -0.2) is 4.99 Å². The zero-order valence-electron chi connectivity index (χ0n) is 18.4. The van der Waals surface area contributed by atoms with Crippen LogP contribution in [0.25, 0.3) is 0 Å². The van der Waals surface area contributed by atoms with Gasteiger partial charge in [-0.2, -0.15) is 8.78 Å². The average Bonchev–Trinajstić information content (AvgIpc) is 2.74. The van der Waals surface area contributed by atoms with Gasteiger partial charge in [-0.3, -0.25) is 4.90 Å². The molecule has 1 heterocycles. The Morgan fingerprint density at radius 1 is 1.23 bits per heavy atom. The molecule has 7 nitrogen and oxygen atoms in total. The summed E-state index contributed by atoms with van der Waals surface area (Å²) in [6.45, 7) is 7.81. The summed E-state index contributed by atoms with van der Waals surface area (Å²) in [7, 11) is 0. The molecule has 10 heteroatoms. The normalized spacial score (nSPS) is 14.8. The van der Waals surface area contributed by atoms with Gasteiger partial charge in [-0.15, -0.1) is 24.0 Å². The van der Waals surface area contributed by atoms with Gasteiger partial charge in [0.15, 0.2) is 5.96 Å². The van der Waals surface area contributed by atoms with Crippen LogP contribution in [0.4, 0.5) is 8.78 Å². The fourth-order valence-electron chi connectivity index (χ4n) is 3.02. The van der Waals surface area contributed by atoms with E-state index in [2.05, 4.69) is 25.3 Å². The molecule has 0 saturated carbocycles. The minimum absolute atomic E-state index is 0. The molecule has 0 spiro atoms. The van der Waals surface area contributed by atoms with Crippen LogP contribution in [-0.4, -0.2) is 70.0 Å². The van der Waals surface area contributed by atoms with Crippen molar-refractivity contribution in [3.63, 3.8) is 0 Å². The topological polar surface area (TPSA) is 67.4 Å². The summed E-state index contributed by atoms with van der Waals surface area (Å²) in [5.74, 6) is 1.24. The molecule has 1 aromatic carbocycles. The number of alkyl halides is 2. The number of hydrogen-bond acceptors (Lipinski definition) is 5. The van der Waals surface area contributed by atoms with Crippen molar-refractivity contribution in [2.45, 2.75) is 39.8 Å². The first-order valence-corrected chi connectivity index (χ1v) is 10.6. The standard InChI is InChI=1S/C21H34F2N4O3.HI/c1-3-12-29-18-7-6-17(19(15-18)30-20(22)23)16-26-21(24-4-2)25-8-5-9-27-10-13-28-14-11-27;/h6-7,15,20H,3-5,8-14,16H2,1-2H3,(H2,24,25,26);1H. The molecular weight excluding hydrogens is 521 g/mol. The monoisotopic (exact) mass is 556 g/mol. The predicted molar refractivity (Wildman–Crippen MR) is 129 cm³/mol. The van der Waals surface area contributed by atoms with Crippen molar-refractivity contribution in [1.29, 1.82) is 0 Å². The van der Waals surface area contributed by atoms with E-state index < -0.39 is 6.61 Å². The van der Waals surface area contributed by atoms with Crippen LogP contribution in [0.5, 0.6) is 11.5 Å². The van der Waals surface area contributed by atoms with Crippen LogP contribution in [0.2, 0.25) is 0 Å². The molecule has 1 fully saturated rings. The Labute approximate surface area is 200 Å². The van der Waals surface area contributed by atoms with Gasteiger partial charge >= 0.3 is 6.61 Å². The van der Waals surface area contributed by atoms with Crippen LogP contribution >= 0.6 is 24.0 Å². The highest BCUT2D eigenvalue weighted by Gasteiger charge is 2.12. The largest absolute Gasteiger partial charge is 0.493 e. The number of hydrogen-bond donors (Lipinski definition) is 2. The first-order valence-electron chi connectivity index (χ1n) is 10.6. The summed E-state index contributed by atoms with van der Waals surface area (Å²) in [5, 5.41) is 6.48. The summed E-state index contributed by atoms with van der Waals surface area (Å²) < 4.78 is 41.2. The Morgan fingerprint density at radius 3 is 2.68 bits per heavy atom. The molecule has 1 aliphatic heterocycles. The number of ether oxygens (including phenoxy) is 3. The SMILES string of the molecule is CCCOc1ccc(CN=C(NCC)NCCCN2CCOCC2)c(OC(F)F)c1.I. The Kier molecular flexibility index (Phi) is 14.5. The van der Waals surface area contributed by atoms with Gasteiger partial charge in [0.1, 0.15) is 11.5 Å². The van der Waals surface area contributed by atoms with Crippen LogP contribution < -0.4 is 20.1 Å². The van der Waals surface area contributed by atoms with E-state index in [1.54, 1.807) is 12.1 Å². The summed E-state index contributed by atoms with van der Waals surface area (Å²) in [6.07, 6.45) is 1.81. The number of nitrogens with zero attached hydrogens (tertiary/aromatic N) is 2. The van der Waals surface area contributed by atoms with Gasteiger partial charge in [-0.1, -0.05) is 6.92 Å². The molecule has 1 aromatic rings. The van der Waals surface area contributed by atoms with Crippen molar-refractivity contribution in [3.8, 4) is 11.5 Å². The van der Waals surface area contributed by atoms with Crippen LogP contribution in [-0.2, 0) is 11.3 Å². The molecule has 1 aliphatic rings. The van der Waals surface area contributed by atoms with Gasteiger partial charge < -0.3 is 24.8 Å². The maximum atomic E-state index is 12.8. The minimum atomic E-state index is -2.90. The summed E-state index contributed by atoms with van der Waals surface area (Å²) in [5.41, 5.74) is 0.574. The third-order valence-electron chi connectivity index (χ3n) is 4.53. The van der Waals surface area contributed by atoms with E-state index in [0.717, 1.165) is 52.2 Å². The van der Waals surface area contributed by atoms with Crippen LogP contribution in [0.15, 0.2) is 23.2 Å². The van der Waals surface area contributed by atoms with Crippen molar-refractivity contribution >= 4 is 29.9 Å². The van der Waals surface area contributed by atoms with E-state index in [0.29, 0.717) is 30.4 Å². The third kappa shape index (κ3) is 11.2. The zero-order chi connectivity index (χ0) is 21.6. The number of guanidine groups is 1. The Balaban J connectivity index is 0.00000480. The van der Waals surface area contributed by atoms with Crippen molar-refractivity contribution in [2.24, 2.45) is 4.99 Å². The second-order valence-corrected chi connectivity index (χ2v) is 6.93. The molecular formula is C21H35F2IN4O3. The highest BCUT2D eigenvalue weighted by molar-refractivity contribution is 14.0. The number of morpholine rings is 1. The molecule has 31 heavy (non-hydrogen) atoms. The first kappa shape index (κ1) is 27.6. The third-order valence-corrected chi connectivity index (χ3v) is 4.53. The second-order valence-electron chi connectivity index (χ2n) is 6.93. The lowest BCUT2D eigenvalue weighted by Gasteiger charge is -2.26. The van der Waals surface area contributed by atoms with E-state index in [9.17, 15) is 8.78 Å². The van der Waals surface area contributed by atoms with Crippen LogP contribution in [0, 0.1) is 0 Å². The molecule has 178 valence electrons. The van der Waals surface area contributed by atoms with Gasteiger partial charge in [0.2, 0.25) is 0 Å². The minimum Gasteiger partial charge on any atom is -0.493 e. The van der Waals surface area contributed by atoms with E-state index in [1.807, 2.05) is 13.8 Å². The molecule has 0 amide bonds. The Hall–Kier alpha value is -1.40. The predicted octanol–water partition coefficient (Wildman–Crippen LogP) is 3.47. The van der Waals surface area contributed by atoms with Gasteiger partial charge in [0, 0.05) is 37.8 Å². The highest BCUT2D eigenvalue weighted by Crippen LogP contribution is 2.27. The molecule has 0 bridgehead atoms. The fraction of sp³-hybridized carbons (Fsp3) is 0.667. The van der Waals surface area contributed by atoms with Gasteiger partial charge in [0.05, 0.1) is 26.4 Å². The quantitative estimate of drug-likeness (QED) is 0.178. The number of nitrogens with one attached hydrogen (secondary N) is 2. The lowest BCUT2D eigenvalue weighted by atomic mass is 10.2. The first-order chi connectivity index (χ1) is 14.6. The number of benzene rings is 1. The van der Waals surface area contributed by atoms with Crippen molar-refractivity contribution in [1.82, 2.24) is 15.5 Å². The molecule has 0 aliphatic carbocycles. The Bertz CT molecular complexity index is 647. The number of rotatable bonds is 12. The summed E-state index contributed by atoms with van der Waals surface area (Å²) >= 11 is 0. The molecule has 2 rings (SSSR count). The molecule has 0 atom stereocenters. The molecule has 0 unspecified atom stereocenters. The zero-order valence-corrected chi connectivity index (χ0v) is 20.7. The number of aliphatic imine (C=N–C) groups is 1. The summed E-state index contributed by atoms with van der Waals surface area (Å²) in [4.78, 5) is 6.90. The van der Waals surface area contributed by atoms with Crippen molar-refractivity contribution in [2.75, 3.05) is 52.5 Å². The number of halogens is 3. The molecule has 1 saturated heterocycles. The smallest absolute Gasteiger partial charge is 0.387 e. The van der Waals surface area contributed by atoms with Gasteiger partial charge in [0.25, 0.3) is 0 Å². The van der Waals surface area contributed by atoms with E-state index >= 15 is 0 Å². The maximum Gasteiger partial charge on any atom is 0.387 e. The molecule has 0 radical (unpaired) electrons. The Morgan fingerprint density at radius 2 is 2.00 bits per heavy atom. The van der Waals surface area contributed by atoms with Crippen LogP contribution in [0.3, 0.4) is 0 Å². The molecule has 0 aromatic heterocycles. The van der Waals surface area contributed by atoms with Crippen molar-refractivity contribution in [3.05, 3.63) is 23.8 Å². The van der Waals surface area contributed by atoms with Crippen molar-refractivity contribution < 1.29 is 23.0 Å². The highest BCUT2D eigenvalue weighted by atomic mass is 127. The maximum absolute atomic E-state index is 12.8. The fourth-order valence-corrected chi connectivity index (χ4v) is 3.02. The van der Waals surface area contributed by atoms with Gasteiger partial charge in [-0.05, 0) is 38.4 Å². The second kappa shape index (κ2) is 16.3. The van der Waals surface area contributed by atoms with E-state index in [-0.39, 0.29) is 36.3 Å². The summed E-state index contributed by atoms with van der Waals surface area (Å²) in [6, 6.07) is 4.96. The van der Waals surface area contributed by atoms with E-state index in [1.165, 1.54) is 6.07 Å². The van der Waals surface area contributed by atoms with Crippen LogP contribution in [0.1, 0.15) is 32.3 Å². The average molecular weight is 556 g/mol. The lowest BCUT2D eigenvalue weighted by Crippen LogP contribution is -2.40. The van der Waals surface area contributed by atoms with E-state index in [4.69, 9.17) is 9.47 Å². The molecule has 2 N–H and O–H groups in total.